The van der Waals surface area contributed by atoms with Crippen molar-refractivity contribution < 1.29 is 58.2 Å². The highest BCUT2D eigenvalue weighted by Gasteiger charge is 2.42. The minimum absolute atomic E-state index is 0.0172. The number of H-pyrrole nitrogens is 2. The number of carbonyl (C=O) groups is 10. The number of hydrogen-bond donors (Lipinski definition) is 14. The maximum atomic E-state index is 15.0. The van der Waals surface area contributed by atoms with Crippen LogP contribution in [0.5, 0.6) is 0 Å². The van der Waals surface area contributed by atoms with Crippen LogP contribution in [0.15, 0.2) is 65.9 Å². The number of rotatable bonds is 32. The van der Waals surface area contributed by atoms with Gasteiger partial charge in [-0.15, -0.1) is 0 Å². The monoisotopic (exact) mass is 1200 g/mol. The van der Waals surface area contributed by atoms with Crippen molar-refractivity contribution in [2.24, 2.45) is 39.8 Å². The third-order valence-corrected chi connectivity index (χ3v) is 16.1. The van der Waals surface area contributed by atoms with Gasteiger partial charge in [0.25, 0.3) is 0 Å². The van der Waals surface area contributed by atoms with Crippen LogP contribution in [0.2, 0.25) is 0 Å². The first-order valence-corrected chi connectivity index (χ1v) is 29.5. The molecule has 18 N–H and O–H groups in total. The van der Waals surface area contributed by atoms with Crippen LogP contribution in [-0.2, 0) is 60.8 Å². The van der Waals surface area contributed by atoms with E-state index < -0.39 is 126 Å². The number of aliphatic imine (C=N–C) groups is 1. The van der Waals surface area contributed by atoms with E-state index in [-0.39, 0.29) is 83.0 Å². The van der Waals surface area contributed by atoms with E-state index in [0.717, 1.165) is 21.8 Å². The molecule has 0 bridgehead atoms. The Kier molecular flexibility index (Phi) is 24.4. The lowest BCUT2D eigenvalue weighted by Crippen LogP contribution is -2.61. The molecular weight excluding hydrogens is 1110 g/mol. The summed E-state index contributed by atoms with van der Waals surface area (Å²) in [6.07, 6.45) is 4.88. The predicted octanol–water partition coefficient (Wildman–Crippen LogP) is 0.0965. The molecule has 2 fully saturated rings. The number of nitrogens with two attached hydrogens (primary N) is 4. The van der Waals surface area contributed by atoms with Gasteiger partial charge in [-0.1, -0.05) is 70.5 Å². The predicted molar refractivity (Wildman–Crippen MR) is 320 cm³/mol. The zero-order valence-corrected chi connectivity index (χ0v) is 49.3. The van der Waals surface area contributed by atoms with Crippen LogP contribution in [0, 0.1) is 11.8 Å². The van der Waals surface area contributed by atoms with Crippen LogP contribution in [0.3, 0.4) is 0 Å². The van der Waals surface area contributed by atoms with E-state index in [1.807, 2.05) is 43.3 Å². The fourth-order valence-electron chi connectivity index (χ4n) is 11.0. The second-order valence-electron chi connectivity index (χ2n) is 22.6. The zero-order chi connectivity index (χ0) is 62.8. The summed E-state index contributed by atoms with van der Waals surface area (Å²) >= 11 is 0. The smallest absolute Gasteiger partial charge is 0.326 e. The van der Waals surface area contributed by atoms with Crippen molar-refractivity contribution in [3.63, 3.8) is 0 Å². The van der Waals surface area contributed by atoms with Gasteiger partial charge in [0.2, 0.25) is 47.3 Å². The van der Waals surface area contributed by atoms with E-state index in [0.29, 0.717) is 43.2 Å². The number of amides is 8. The number of carbonyl (C=O) groups excluding carboxylic acids is 8. The molecule has 4 aromatic rings. The highest BCUT2D eigenvalue weighted by molar-refractivity contribution is 6.00. The van der Waals surface area contributed by atoms with Crippen molar-refractivity contribution in [3.8, 4) is 0 Å². The average molecular weight is 1200 g/mol. The molecule has 0 spiro atoms. The third-order valence-electron chi connectivity index (χ3n) is 16.1. The van der Waals surface area contributed by atoms with Crippen LogP contribution in [0.1, 0.15) is 109 Å². The third kappa shape index (κ3) is 17.7. The molecule has 27 nitrogen and oxygen atoms in total. The largest absolute Gasteiger partial charge is 0.481 e. The molecule has 2 aromatic carbocycles. The van der Waals surface area contributed by atoms with Crippen molar-refractivity contribution in [2.45, 2.75) is 166 Å². The van der Waals surface area contributed by atoms with Gasteiger partial charge in [0.1, 0.15) is 48.3 Å². The van der Waals surface area contributed by atoms with Crippen LogP contribution in [0.4, 0.5) is 0 Å². The molecule has 2 aliphatic heterocycles. The fourth-order valence-corrected chi connectivity index (χ4v) is 11.0. The summed E-state index contributed by atoms with van der Waals surface area (Å²) in [4.78, 5) is 152. The molecule has 27 heteroatoms. The van der Waals surface area contributed by atoms with Crippen molar-refractivity contribution in [3.05, 3.63) is 72.1 Å². The fraction of sp³-hybridized carbons (Fsp3) is 0.542. The van der Waals surface area contributed by atoms with Crippen LogP contribution in [-0.4, -0.2) is 176 Å². The number of unbranched alkanes of at least 4 members (excludes halogenated alkanes) is 1. The molecule has 2 saturated heterocycles. The number of carboxylic acid groups (broad SMARTS) is 2. The van der Waals surface area contributed by atoms with Gasteiger partial charge in [-0.05, 0) is 99.4 Å². The minimum Gasteiger partial charge on any atom is -0.481 e. The average Bonchev–Trinajstić information content (AvgIpc) is 4.52. The highest BCUT2D eigenvalue weighted by atomic mass is 16.4. The van der Waals surface area contributed by atoms with E-state index in [1.54, 1.807) is 45.3 Å². The number of para-hydroxylation sites is 2. The lowest BCUT2D eigenvalue weighted by Gasteiger charge is -2.31. The van der Waals surface area contributed by atoms with E-state index >= 15 is 9.59 Å². The molecule has 468 valence electrons. The summed E-state index contributed by atoms with van der Waals surface area (Å²) in [6, 6.07) is 2.89. The molecule has 86 heavy (non-hydrogen) atoms. The molecule has 6 rings (SSSR count). The van der Waals surface area contributed by atoms with Gasteiger partial charge in [0.15, 0.2) is 5.96 Å². The van der Waals surface area contributed by atoms with Crippen LogP contribution >= 0.6 is 0 Å². The summed E-state index contributed by atoms with van der Waals surface area (Å²) < 4.78 is 0. The summed E-state index contributed by atoms with van der Waals surface area (Å²) in [6.45, 7) is 7.48. The van der Waals surface area contributed by atoms with E-state index in [2.05, 4.69) is 46.9 Å². The number of carboxylic acids is 2. The molecule has 4 heterocycles. The minimum atomic E-state index is -1.57. The molecule has 0 saturated carbocycles. The molecule has 0 unspecified atom stereocenters. The lowest BCUT2D eigenvalue weighted by molar-refractivity contribution is -0.150. The Labute approximate surface area is 498 Å². The molecule has 8 amide bonds. The number of guanidine groups is 1. The number of aliphatic carboxylic acids is 2. The topological polar surface area (TPSA) is 438 Å². The van der Waals surface area contributed by atoms with Gasteiger partial charge in [-0.2, -0.15) is 0 Å². The van der Waals surface area contributed by atoms with Crippen LogP contribution < -0.4 is 54.8 Å². The first kappa shape index (κ1) is 66.5. The Morgan fingerprint density at radius 1 is 0.628 bits per heavy atom. The molecule has 0 aliphatic carbocycles. The van der Waals surface area contributed by atoms with Crippen LogP contribution in [0.25, 0.3) is 21.8 Å². The van der Waals surface area contributed by atoms with E-state index in [4.69, 9.17) is 22.9 Å². The second-order valence-corrected chi connectivity index (χ2v) is 22.6. The first-order valence-electron chi connectivity index (χ1n) is 29.5. The van der Waals surface area contributed by atoms with Gasteiger partial charge < -0.3 is 84.8 Å². The number of hydrogen-bond acceptors (Lipinski definition) is 13. The Bertz CT molecular complexity index is 3080. The molecule has 2 aliphatic rings. The van der Waals surface area contributed by atoms with Crippen molar-refractivity contribution in [1.82, 2.24) is 51.7 Å². The van der Waals surface area contributed by atoms with Crippen molar-refractivity contribution >= 4 is 87.0 Å². The standard InChI is InChI=1S/C59H85N15O12/c1-5-33(4)48(61)55(82)71-44(29-47(75)76)56(83)73-25-13-21-45(73)54(81)70-43(28-35-31-66-39-18-9-7-16-37(35)39)53(80)68-41(20-12-24-64-59(62)63)50(77)69-42(27-34-30-65-38-17-8-6-15-36(34)38)52(79)67-40(19-10-11-23-60)51(78)72-49(32(2)3)57(84)74-26-14-22-46(74)58(85)86/h6-9,15-18,30-33,40-46,48-49,65-66H,5,10-14,19-29,60-61H2,1-4H3,(H,67,79)(H,68,80)(H,69,77)(H,70,81)(H,71,82)(H,72,78)(H,75,76)(H,85,86)(H4,62,63,64)/t33-,40-,41-,42-,43-,44-,45-,46-,48-,49-/m0/s1. The van der Waals surface area contributed by atoms with Gasteiger partial charge in [-0.25, -0.2) is 4.79 Å². The van der Waals surface area contributed by atoms with Gasteiger partial charge in [0.05, 0.1) is 12.5 Å². The van der Waals surface area contributed by atoms with E-state index in [1.165, 1.54) is 9.80 Å². The maximum Gasteiger partial charge on any atom is 0.326 e. The molecular formula is C59H85N15O12. The number of aromatic amines is 2. The highest BCUT2D eigenvalue weighted by Crippen LogP contribution is 2.25. The van der Waals surface area contributed by atoms with Crippen molar-refractivity contribution in [1.29, 1.82) is 0 Å². The summed E-state index contributed by atoms with van der Waals surface area (Å²) in [7, 11) is 0. The molecule has 10 atom stereocenters. The van der Waals surface area contributed by atoms with Gasteiger partial charge in [-0.3, -0.25) is 48.1 Å². The molecule has 2 aromatic heterocycles. The Balaban J connectivity index is 1.31. The Morgan fingerprint density at radius 3 is 1.64 bits per heavy atom. The zero-order valence-electron chi connectivity index (χ0n) is 49.3. The number of aromatic nitrogens is 2. The molecule has 0 radical (unpaired) electrons. The quantitative estimate of drug-likeness (QED) is 0.0175. The van der Waals surface area contributed by atoms with Crippen molar-refractivity contribution in [2.75, 3.05) is 26.2 Å². The lowest BCUT2D eigenvalue weighted by atomic mass is 9.99. The summed E-state index contributed by atoms with van der Waals surface area (Å²) in [5.41, 5.74) is 25.9. The Hall–Kier alpha value is -8.59. The van der Waals surface area contributed by atoms with Gasteiger partial charge in [0, 0.05) is 66.7 Å². The number of likely N-dealkylation sites (tertiary alicyclic amines) is 2. The number of benzene rings is 2. The van der Waals surface area contributed by atoms with E-state index in [9.17, 15) is 48.6 Å². The summed E-state index contributed by atoms with van der Waals surface area (Å²) in [5, 5.41) is 37.7. The first-order chi connectivity index (χ1) is 41.0. The number of nitrogens with zero attached hydrogens (tertiary/aromatic N) is 3. The second kappa shape index (κ2) is 31.5. The maximum absolute atomic E-state index is 15.0. The Morgan fingerprint density at radius 2 is 1.12 bits per heavy atom. The normalized spacial score (nSPS) is 17.8. The number of fused-ring (bicyclic) bond motifs is 2. The SMILES string of the molecule is CC[C@H](C)[C@H](N)C(=O)N[C@@H](CC(=O)O)C(=O)N1CCC[C@H]1C(=O)N[C@@H](Cc1c[nH]c2ccccc12)C(=O)N[C@@H](CCCN=C(N)N)C(=O)N[C@@H](Cc1c[nH]c2ccccc12)C(=O)N[C@@H](CCCCN)C(=O)N[C@H](C(=O)N1CCC[C@H]1C(=O)O)C(C)C. The number of nitrogens with one attached hydrogen (secondary N) is 8. The van der Waals surface area contributed by atoms with Gasteiger partial charge >= 0.3 is 11.9 Å². The summed E-state index contributed by atoms with van der Waals surface area (Å²) in [5.74, 6) is -9.69.